The lowest BCUT2D eigenvalue weighted by Crippen LogP contribution is -3.14. The average Bonchev–Trinajstić information content (AvgIpc) is 3.22. The Bertz CT molecular complexity index is 707. The highest BCUT2D eigenvalue weighted by molar-refractivity contribution is 5.96. The van der Waals surface area contributed by atoms with Gasteiger partial charge < -0.3 is 19.1 Å². The van der Waals surface area contributed by atoms with E-state index in [0.717, 1.165) is 38.3 Å². The van der Waals surface area contributed by atoms with Crippen LogP contribution >= 0.6 is 0 Å². The van der Waals surface area contributed by atoms with Crippen molar-refractivity contribution in [2.24, 2.45) is 0 Å². The lowest BCUT2D eigenvalue weighted by molar-refractivity contribution is -0.902. The second kappa shape index (κ2) is 8.67. The Balaban J connectivity index is 1.69. The molecule has 6 nitrogen and oxygen atoms in total. The molecule has 138 valence electrons. The van der Waals surface area contributed by atoms with Gasteiger partial charge in [0.25, 0.3) is 5.91 Å². The number of benzene rings is 1. The zero-order valence-electron chi connectivity index (χ0n) is 15.2. The number of hydrogen-bond acceptors (Lipinski definition) is 3. The average molecular weight is 356 g/mol. The summed E-state index contributed by atoms with van der Waals surface area (Å²) in [7, 11) is 0. The quantitative estimate of drug-likeness (QED) is 0.828. The fraction of sp³-hybridized carbons (Fsp3) is 0.400. The molecule has 0 spiro atoms. The van der Waals surface area contributed by atoms with E-state index in [-0.39, 0.29) is 18.4 Å². The number of hydrogen-bond donors (Lipinski definition) is 1. The molecule has 3 rings (SSSR count). The van der Waals surface area contributed by atoms with Gasteiger partial charge in [0.2, 0.25) is 5.91 Å². The van der Waals surface area contributed by atoms with Gasteiger partial charge in [-0.25, -0.2) is 0 Å². The second-order valence-electron chi connectivity index (χ2n) is 6.64. The van der Waals surface area contributed by atoms with Crippen LogP contribution < -0.4 is 4.90 Å². The molecule has 0 bridgehead atoms. The van der Waals surface area contributed by atoms with Crippen LogP contribution in [0.5, 0.6) is 0 Å². The fourth-order valence-electron chi connectivity index (χ4n) is 3.26. The van der Waals surface area contributed by atoms with E-state index in [2.05, 4.69) is 6.92 Å². The van der Waals surface area contributed by atoms with E-state index in [0.29, 0.717) is 12.1 Å². The fourth-order valence-corrected chi connectivity index (χ4v) is 3.26. The summed E-state index contributed by atoms with van der Waals surface area (Å²) in [5.74, 6) is -0.179. The van der Waals surface area contributed by atoms with Gasteiger partial charge in [-0.3, -0.25) is 9.59 Å². The molecular formula is C20H26N3O3+. The van der Waals surface area contributed by atoms with Crippen LogP contribution in [0.25, 0.3) is 0 Å². The molecule has 1 N–H and O–H groups in total. The molecule has 0 atom stereocenters. The van der Waals surface area contributed by atoms with E-state index in [4.69, 9.17) is 4.42 Å². The van der Waals surface area contributed by atoms with Crippen LogP contribution in [-0.2, 0) is 11.3 Å². The van der Waals surface area contributed by atoms with E-state index >= 15 is 0 Å². The molecule has 1 saturated heterocycles. The van der Waals surface area contributed by atoms with Crippen LogP contribution in [-0.4, -0.2) is 60.9 Å². The third-order valence-electron chi connectivity index (χ3n) is 4.92. The lowest BCUT2D eigenvalue weighted by Gasteiger charge is -2.33. The molecular weight excluding hydrogens is 330 g/mol. The first-order chi connectivity index (χ1) is 12.7. The van der Waals surface area contributed by atoms with Crippen molar-refractivity contribution in [3.05, 3.63) is 60.1 Å². The molecule has 2 aromatic rings. The van der Waals surface area contributed by atoms with Crippen molar-refractivity contribution in [3.63, 3.8) is 0 Å². The van der Waals surface area contributed by atoms with Gasteiger partial charge in [0.05, 0.1) is 44.6 Å². The first-order valence-corrected chi connectivity index (χ1v) is 9.14. The minimum Gasteiger partial charge on any atom is -0.472 e. The highest BCUT2D eigenvalue weighted by Crippen LogP contribution is 2.11. The van der Waals surface area contributed by atoms with Crippen LogP contribution in [0.2, 0.25) is 0 Å². The van der Waals surface area contributed by atoms with E-state index in [1.807, 2.05) is 35.2 Å². The summed E-state index contributed by atoms with van der Waals surface area (Å²) in [6, 6.07) is 11.4. The summed E-state index contributed by atoms with van der Waals surface area (Å²) in [6.07, 6.45) is 2.90. The number of likely N-dealkylation sites (N-methyl/N-ethyl adjacent to an activating group) is 1. The lowest BCUT2D eigenvalue weighted by atomic mass is 10.2. The molecule has 26 heavy (non-hydrogen) atoms. The number of furan rings is 1. The molecule has 1 aliphatic heterocycles. The number of piperazine rings is 1. The van der Waals surface area contributed by atoms with Crippen LogP contribution in [0.3, 0.4) is 0 Å². The Kier molecular flexibility index (Phi) is 6.07. The third kappa shape index (κ3) is 4.52. The van der Waals surface area contributed by atoms with Gasteiger partial charge >= 0.3 is 0 Å². The van der Waals surface area contributed by atoms with Crippen LogP contribution in [0.15, 0.2) is 53.3 Å². The van der Waals surface area contributed by atoms with Gasteiger partial charge in [0, 0.05) is 6.54 Å². The molecule has 2 heterocycles. The van der Waals surface area contributed by atoms with E-state index in [1.54, 1.807) is 11.0 Å². The predicted molar refractivity (Wildman–Crippen MR) is 97.7 cm³/mol. The van der Waals surface area contributed by atoms with Crippen molar-refractivity contribution in [2.45, 2.75) is 13.5 Å². The van der Waals surface area contributed by atoms with Crippen molar-refractivity contribution in [1.82, 2.24) is 9.80 Å². The minimum absolute atomic E-state index is 0.00734. The third-order valence-corrected chi connectivity index (χ3v) is 4.92. The SMILES string of the molecule is CC[NH+]1CCN(C(=O)CN(Cc2ccccc2)C(=O)c2ccoc2)CC1. The molecule has 0 unspecified atom stereocenters. The predicted octanol–water partition coefficient (Wildman–Crippen LogP) is 0.669. The molecule has 1 aromatic heterocycles. The summed E-state index contributed by atoms with van der Waals surface area (Å²) in [6.45, 7) is 7.17. The zero-order valence-corrected chi connectivity index (χ0v) is 15.2. The number of rotatable bonds is 6. The first-order valence-electron chi connectivity index (χ1n) is 9.14. The molecule has 2 amide bonds. The molecule has 0 aliphatic carbocycles. The normalized spacial score (nSPS) is 15.0. The number of amides is 2. The minimum atomic E-state index is -0.186. The maximum absolute atomic E-state index is 12.8. The van der Waals surface area contributed by atoms with Crippen molar-refractivity contribution < 1.29 is 18.9 Å². The van der Waals surface area contributed by atoms with Crippen molar-refractivity contribution in [3.8, 4) is 0 Å². The van der Waals surface area contributed by atoms with Gasteiger partial charge in [-0.1, -0.05) is 30.3 Å². The second-order valence-corrected chi connectivity index (χ2v) is 6.64. The molecule has 1 fully saturated rings. The number of nitrogens with zero attached hydrogens (tertiary/aromatic N) is 2. The van der Waals surface area contributed by atoms with Crippen LogP contribution in [0.4, 0.5) is 0 Å². The summed E-state index contributed by atoms with van der Waals surface area (Å²) in [5.41, 5.74) is 1.46. The summed E-state index contributed by atoms with van der Waals surface area (Å²) < 4.78 is 5.04. The standard InChI is InChI=1S/C20H25N3O3/c1-2-21-9-11-22(12-10-21)19(24)15-23(14-17-6-4-3-5-7-17)20(25)18-8-13-26-16-18/h3-8,13,16H,2,9-12,14-15H2,1H3/p+1. The summed E-state index contributed by atoms with van der Waals surface area (Å²) in [5, 5.41) is 0. The summed E-state index contributed by atoms with van der Waals surface area (Å²) in [4.78, 5) is 30.6. The van der Waals surface area contributed by atoms with E-state index < -0.39 is 0 Å². The maximum atomic E-state index is 12.8. The van der Waals surface area contributed by atoms with Gasteiger partial charge in [-0.2, -0.15) is 0 Å². The Morgan fingerprint density at radius 2 is 1.88 bits per heavy atom. The van der Waals surface area contributed by atoms with Crippen molar-refractivity contribution in [1.29, 1.82) is 0 Å². The van der Waals surface area contributed by atoms with E-state index in [9.17, 15) is 9.59 Å². The molecule has 1 aliphatic rings. The number of quaternary nitrogens is 1. The van der Waals surface area contributed by atoms with Gasteiger partial charge in [-0.15, -0.1) is 0 Å². The number of nitrogens with one attached hydrogen (secondary N) is 1. The Morgan fingerprint density at radius 1 is 1.15 bits per heavy atom. The van der Waals surface area contributed by atoms with Gasteiger partial charge in [0.1, 0.15) is 12.8 Å². The van der Waals surface area contributed by atoms with Crippen LogP contribution in [0, 0.1) is 0 Å². The Labute approximate surface area is 154 Å². The van der Waals surface area contributed by atoms with Gasteiger partial charge in [0.15, 0.2) is 0 Å². The first kappa shape index (κ1) is 18.2. The highest BCUT2D eigenvalue weighted by Gasteiger charge is 2.26. The molecule has 0 saturated carbocycles. The molecule has 1 aromatic carbocycles. The Hall–Kier alpha value is -2.60. The maximum Gasteiger partial charge on any atom is 0.257 e. The Morgan fingerprint density at radius 3 is 2.50 bits per heavy atom. The van der Waals surface area contributed by atoms with Crippen molar-refractivity contribution >= 4 is 11.8 Å². The number of carbonyl (C=O) groups is 2. The topological polar surface area (TPSA) is 58.2 Å². The van der Waals surface area contributed by atoms with E-state index in [1.165, 1.54) is 17.4 Å². The molecule has 6 heteroatoms. The van der Waals surface area contributed by atoms with Crippen LogP contribution in [0.1, 0.15) is 22.8 Å². The number of carbonyl (C=O) groups excluding carboxylic acids is 2. The largest absolute Gasteiger partial charge is 0.472 e. The smallest absolute Gasteiger partial charge is 0.257 e. The summed E-state index contributed by atoms with van der Waals surface area (Å²) >= 11 is 0. The molecule has 0 radical (unpaired) electrons. The highest BCUT2D eigenvalue weighted by atomic mass is 16.3. The zero-order chi connectivity index (χ0) is 18.4. The monoisotopic (exact) mass is 356 g/mol. The van der Waals surface area contributed by atoms with Crippen molar-refractivity contribution in [2.75, 3.05) is 39.3 Å². The van der Waals surface area contributed by atoms with Gasteiger partial charge in [-0.05, 0) is 18.6 Å².